The molecule has 5 heteroatoms. The quantitative estimate of drug-likeness (QED) is 0.370. The van der Waals surface area contributed by atoms with Crippen molar-refractivity contribution in [3.63, 3.8) is 0 Å². The van der Waals surface area contributed by atoms with Gasteiger partial charge in [-0.3, -0.25) is 0 Å². The SMILES string of the molecule is COCOC1(B2OC(C)(C)C(C)(C)O2)CC=CC=C1c1cc(C(C)(C)C)cc(C(C)(C)C)c1. The molecular formula is C28H43BO4. The summed E-state index contributed by atoms with van der Waals surface area (Å²) in [6, 6.07) is 6.95. The van der Waals surface area contributed by atoms with E-state index in [0.29, 0.717) is 6.42 Å². The fourth-order valence-corrected chi connectivity index (χ4v) is 4.27. The molecule has 0 N–H and O–H groups in total. The molecule has 1 aromatic carbocycles. The molecule has 1 aliphatic carbocycles. The molecule has 0 spiro atoms. The second kappa shape index (κ2) is 8.68. The highest BCUT2D eigenvalue weighted by Gasteiger charge is 2.62. The Morgan fingerprint density at radius 1 is 0.879 bits per heavy atom. The van der Waals surface area contributed by atoms with Crippen LogP contribution in [0.5, 0.6) is 0 Å². The van der Waals surface area contributed by atoms with E-state index in [1.165, 1.54) is 11.1 Å². The van der Waals surface area contributed by atoms with Gasteiger partial charge in [-0.05, 0) is 67.2 Å². The zero-order valence-corrected chi connectivity index (χ0v) is 22.6. The number of ether oxygens (including phenoxy) is 2. The predicted octanol–water partition coefficient (Wildman–Crippen LogP) is 6.62. The minimum atomic E-state index is -0.818. The molecule has 0 radical (unpaired) electrons. The molecule has 1 heterocycles. The summed E-state index contributed by atoms with van der Waals surface area (Å²) in [6.07, 6.45) is 7.03. The highest BCUT2D eigenvalue weighted by molar-refractivity contribution is 6.53. The van der Waals surface area contributed by atoms with Crippen LogP contribution >= 0.6 is 0 Å². The first-order valence-electron chi connectivity index (χ1n) is 12.1. The number of rotatable bonds is 5. The number of hydrogen-bond acceptors (Lipinski definition) is 4. The van der Waals surface area contributed by atoms with E-state index in [9.17, 15) is 0 Å². The van der Waals surface area contributed by atoms with Crippen LogP contribution in [-0.2, 0) is 29.6 Å². The molecule has 182 valence electrons. The molecule has 0 bridgehead atoms. The van der Waals surface area contributed by atoms with E-state index in [1.807, 2.05) is 0 Å². The summed E-state index contributed by atoms with van der Waals surface area (Å²) in [4.78, 5) is 0. The lowest BCUT2D eigenvalue weighted by Crippen LogP contribution is -2.52. The van der Waals surface area contributed by atoms with E-state index in [2.05, 4.69) is 106 Å². The normalized spacial score (nSPS) is 24.8. The lowest BCUT2D eigenvalue weighted by Gasteiger charge is -2.39. The first-order valence-corrected chi connectivity index (χ1v) is 12.1. The van der Waals surface area contributed by atoms with Crippen molar-refractivity contribution in [3.8, 4) is 0 Å². The summed E-state index contributed by atoms with van der Waals surface area (Å²) in [7, 11) is 1.09. The molecule has 2 aliphatic rings. The number of hydrogen-bond donors (Lipinski definition) is 0. The van der Waals surface area contributed by atoms with Crippen molar-refractivity contribution in [1.29, 1.82) is 0 Å². The Bertz CT molecular complexity index is 882. The monoisotopic (exact) mass is 454 g/mol. The molecule has 1 unspecified atom stereocenters. The van der Waals surface area contributed by atoms with Crippen molar-refractivity contribution in [2.24, 2.45) is 0 Å². The maximum absolute atomic E-state index is 6.57. The molecule has 0 aromatic heterocycles. The van der Waals surface area contributed by atoms with Crippen LogP contribution in [0, 0.1) is 0 Å². The highest BCUT2D eigenvalue weighted by Crippen LogP contribution is 2.48. The number of allylic oxidation sites excluding steroid dienone is 2. The van der Waals surface area contributed by atoms with Gasteiger partial charge in [0.1, 0.15) is 12.3 Å². The van der Waals surface area contributed by atoms with Crippen molar-refractivity contribution in [2.75, 3.05) is 13.9 Å². The molecule has 1 atom stereocenters. The first-order chi connectivity index (χ1) is 15.0. The third kappa shape index (κ3) is 5.02. The van der Waals surface area contributed by atoms with E-state index in [-0.39, 0.29) is 17.6 Å². The molecule has 33 heavy (non-hydrogen) atoms. The molecule has 1 aromatic rings. The lowest BCUT2D eigenvalue weighted by atomic mass is 9.58. The van der Waals surface area contributed by atoms with Gasteiger partial charge >= 0.3 is 7.12 Å². The summed E-state index contributed by atoms with van der Waals surface area (Å²) in [5.74, 6) is 0. The molecular weight excluding hydrogens is 411 g/mol. The molecule has 0 saturated carbocycles. The predicted molar refractivity (Wildman–Crippen MR) is 137 cm³/mol. The standard InChI is InChI=1S/C28H43BO4/c1-24(2,3)21-16-20(17-22(18-21)25(4,5)6)23-14-12-13-15-28(23,31-19-30-11)29-32-26(7,8)27(9,10)33-29/h12-14,16-18H,15,19H2,1-11H3. The van der Waals surface area contributed by atoms with Crippen molar-refractivity contribution in [2.45, 2.75) is 103 Å². The third-order valence-corrected chi connectivity index (χ3v) is 7.32. The smallest absolute Gasteiger partial charge is 0.401 e. The Kier molecular flexibility index (Phi) is 6.89. The zero-order chi connectivity index (χ0) is 24.9. The van der Waals surface area contributed by atoms with Crippen molar-refractivity contribution < 1.29 is 18.8 Å². The second-order valence-corrected chi connectivity index (χ2v) is 12.5. The van der Waals surface area contributed by atoms with Gasteiger partial charge in [0.05, 0.1) is 11.2 Å². The van der Waals surface area contributed by atoms with Crippen LogP contribution in [0.25, 0.3) is 5.57 Å². The van der Waals surface area contributed by atoms with Crippen molar-refractivity contribution in [3.05, 3.63) is 53.1 Å². The maximum Gasteiger partial charge on any atom is 0.497 e. The van der Waals surface area contributed by atoms with E-state index in [1.54, 1.807) is 7.11 Å². The first kappa shape index (κ1) is 26.2. The van der Waals surface area contributed by atoms with Crippen LogP contribution in [0.2, 0.25) is 0 Å². The molecule has 0 amide bonds. The molecule has 1 aliphatic heterocycles. The van der Waals surface area contributed by atoms with Gasteiger partial charge in [0.2, 0.25) is 0 Å². The summed E-state index contributed by atoms with van der Waals surface area (Å²) in [5, 5.41) is 0. The summed E-state index contributed by atoms with van der Waals surface area (Å²) in [5.41, 5.74) is 3.10. The summed E-state index contributed by atoms with van der Waals surface area (Å²) >= 11 is 0. The van der Waals surface area contributed by atoms with Gasteiger partial charge in [-0.25, -0.2) is 0 Å². The average Bonchev–Trinajstić information content (AvgIpc) is 2.92. The Labute approximate surface area is 201 Å². The van der Waals surface area contributed by atoms with Crippen LogP contribution in [-0.4, -0.2) is 37.7 Å². The van der Waals surface area contributed by atoms with Gasteiger partial charge < -0.3 is 18.8 Å². The zero-order valence-electron chi connectivity index (χ0n) is 22.6. The number of methoxy groups -OCH3 is 1. The summed E-state index contributed by atoms with van der Waals surface area (Å²) in [6.45, 7) is 22.0. The molecule has 1 fully saturated rings. The molecule has 1 saturated heterocycles. The van der Waals surface area contributed by atoms with E-state index < -0.39 is 23.8 Å². The topological polar surface area (TPSA) is 36.9 Å². The minimum absolute atomic E-state index is 0.0153. The third-order valence-electron chi connectivity index (χ3n) is 7.32. The second-order valence-electron chi connectivity index (χ2n) is 12.5. The van der Waals surface area contributed by atoms with Crippen LogP contribution in [0.1, 0.15) is 92.3 Å². The average molecular weight is 454 g/mol. The van der Waals surface area contributed by atoms with Gasteiger partial charge in [0, 0.05) is 7.11 Å². The van der Waals surface area contributed by atoms with Crippen molar-refractivity contribution in [1.82, 2.24) is 0 Å². The number of benzene rings is 1. The van der Waals surface area contributed by atoms with Crippen LogP contribution in [0.4, 0.5) is 0 Å². The van der Waals surface area contributed by atoms with E-state index in [0.717, 1.165) is 11.1 Å². The van der Waals surface area contributed by atoms with Gasteiger partial charge in [-0.2, -0.15) is 0 Å². The van der Waals surface area contributed by atoms with Gasteiger partial charge in [-0.15, -0.1) is 0 Å². The van der Waals surface area contributed by atoms with E-state index >= 15 is 0 Å². The Hall–Kier alpha value is -1.40. The lowest BCUT2D eigenvalue weighted by molar-refractivity contribution is -0.0819. The fraction of sp³-hybridized carbons (Fsp3) is 0.643. The largest absolute Gasteiger partial charge is 0.497 e. The van der Waals surface area contributed by atoms with Crippen molar-refractivity contribution >= 4 is 12.7 Å². The Morgan fingerprint density at radius 3 is 1.85 bits per heavy atom. The highest BCUT2D eigenvalue weighted by atomic mass is 16.7. The van der Waals surface area contributed by atoms with Gasteiger partial charge in [0.25, 0.3) is 0 Å². The Balaban J connectivity index is 2.21. The molecule has 4 nitrogen and oxygen atoms in total. The maximum atomic E-state index is 6.57. The fourth-order valence-electron chi connectivity index (χ4n) is 4.27. The van der Waals surface area contributed by atoms with Crippen LogP contribution in [0.15, 0.2) is 36.4 Å². The van der Waals surface area contributed by atoms with Crippen LogP contribution in [0.3, 0.4) is 0 Å². The minimum Gasteiger partial charge on any atom is -0.401 e. The van der Waals surface area contributed by atoms with Gasteiger partial charge in [0.15, 0.2) is 0 Å². The summed E-state index contributed by atoms with van der Waals surface area (Å²) < 4.78 is 25.1. The Morgan fingerprint density at radius 2 is 1.39 bits per heavy atom. The van der Waals surface area contributed by atoms with Gasteiger partial charge in [-0.1, -0.05) is 78.0 Å². The van der Waals surface area contributed by atoms with Crippen LogP contribution < -0.4 is 0 Å². The molecule has 3 rings (SSSR count). The van der Waals surface area contributed by atoms with E-state index in [4.69, 9.17) is 18.8 Å².